The highest BCUT2D eigenvalue weighted by molar-refractivity contribution is 6.33. The van der Waals surface area contributed by atoms with E-state index in [1.807, 2.05) is 12.1 Å². The van der Waals surface area contributed by atoms with Gasteiger partial charge in [0.15, 0.2) is 5.82 Å². The van der Waals surface area contributed by atoms with Crippen molar-refractivity contribution in [1.29, 1.82) is 0 Å². The van der Waals surface area contributed by atoms with Gasteiger partial charge in [-0.25, -0.2) is 4.98 Å². The Morgan fingerprint density at radius 3 is 2.79 bits per heavy atom. The molecule has 2 aromatic carbocycles. The number of nitrogens with one attached hydrogen (secondary N) is 3. The number of benzene rings is 2. The Balaban J connectivity index is 1.37. The van der Waals surface area contributed by atoms with E-state index in [-0.39, 0.29) is 18.1 Å². The summed E-state index contributed by atoms with van der Waals surface area (Å²) in [4.78, 5) is 23.3. The van der Waals surface area contributed by atoms with Crippen LogP contribution in [0.2, 0.25) is 5.02 Å². The van der Waals surface area contributed by atoms with Gasteiger partial charge in [0, 0.05) is 25.8 Å². The minimum absolute atomic E-state index is 0.00609. The third-order valence-electron chi connectivity index (χ3n) is 5.92. The molecule has 0 spiro atoms. The van der Waals surface area contributed by atoms with E-state index >= 15 is 0 Å². The number of halogens is 1. The lowest BCUT2D eigenvalue weighted by Gasteiger charge is -2.30. The lowest BCUT2D eigenvalue weighted by Crippen LogP contribution is -2.36. The number of hydrogen-bond acceptors (Lipinski definition) is 7. The molecule has 3 heterocycles. The SMILES string of the molecule is C#CCN1CC2OC(C1)c1cc(Nc3ncc(Cl)c(Nc4ccccc4C(=O)NC)n3)ccc12. The maximum absolute atomic E-state index is 12.2. The number of carbonyl (C=O) groups excluding carboxylic acids is 1. The summed E-state index contributed by atoms with van der Waals surface area (Å²) in [5, 5.41) is 9.36. The van der Waals surface area contributed by atoms with Gasteiger partial charge < -0.3 is 20.7 Å². The minimum atomic E-state index is -0.210. The van der Waals surface area contributed by atoms with Crippen molar-refractivity contribution in [2.24, 2.45) is 0 Å². The van der Waals surface area contributed by atoms with Gasteiger partial charge >= 0.3 is 0 Å². The molecule has 0 aliphatic carbocycles. The normalized spacial score (nSPS) is 18.6. The first kappa shape index (κ1) is 22.2. The maximum Gasteiger partial charge on any atom is 0.253 e. The molecule has 3 N–H and O–H groups in total. The molecular weight excluding hydrogens is 452 g/mol. The number of hydrogen-bond donors (Lipinski definition) is 3. The van der Waals surface area contributed by atoms with E-state index in [1.165, 1.54) is 11.8 Å². The van der Waals surface area contributed by atoms with Crippen molar-refractivity contribution in [3.8, 4) is 12.3 Å². The van der Waals surface area contributed by atoms with Crippen molar-refractivity contribution >= 4 is 40.6 Å². The molecule has 2 unspecified atom stereocenters. The lowest BCUT2D eigenvalue weighted by molar-refractivity contribution is -0.0637. The standard InChI is InChI=1S/C25H23ClN6O2/c1-3-10-32-13-21-16-9-8-15(11-18(16)22(14-32)34-21)29-25-28-12-19(26)23(31-25)30-20-7-5-4-6-17(20)24(33)27-2/h1,4-9,11-12,21-22H,10,13-14H2,2H3,(H,27,33)(H2,28,29,30,31). The monoisotopic (exact) mass is 474 g/mol. The zero-order chi connectivity index (χ0) is 23.7. The molecule has 9 heteroatoms. The topological polar surface area (TPSA) is 91.4 Å². The lowest BCUT2D eigenvalue weighted by atomic mass is 10.0. The Bertz CT molecular complexity index is 1290. The number of rotatable bonds is 6. The average molecular weight is 475 g/mol. The first-order chi connectivity index (χ1) is 16.6. The van der Waals surface area contributed by atoms with E-state index in [0.29, 0.717) is 34.6 Å². The second kappa shape index (κ2) is 9.31. The van der Waals surface area contributed by atoms with Gasteiger partial charge in [-0.15, -0.1) is 6.42 Å². The number of fused-ring (bicyclic) bond motifs is 5. The number of anilines is 4. The van der Waals surface area contributed by atoms with Crippen LogP contribution in [-0.4, -0.2) is 47.5 Å². The smallest absolute Gasteiger partial charge is 0.253 e. The Morgan fingerprint density at radius 2 is 2.00 bits per heavy atom. The molecule has 8 nitrogen and oxygen atoms in total. The van der Waals surface area contributed by atoms with Crippen molar-refractivity contribution in [2.45, 2.75) is 12.2 Å². The highest BCUT2D eigenvalue weighted by atomic mass is 35.5. The molecular formula is C25H23ClN6O2. The van der Waals surface area contributed by atoms with E-state index in [2.05, 4.69) is 48.9 Å². The first-order valence-electron chi connectivity index (χ1n) is 10.9. The second-order valence-electron chi connectivity index (χ2n) is 8.12. The second-order valence-corrected chi connectivity index (χ2v) is 8.53. The van der Waals surface area contributed by atoms with Crippen molar-refractivity contribution in [3.63, 3.8) is 0 Å². The number of amides is 1. The van der Waals surface area contributed by atoms with Crippen LogP contribution in [0.5, 0.6) is 0 Å². The molecule has 34 heavy (non-hydrogen) atoms. The predicted molar refractivity (Wildman–Crippen MR) is 132 cm³/mol. The quantitative estimate of drug-likeness (QED) is 0.464. The Morgan fingerprint density at radius 1 is 1.21 bits per heavy atom. The van der Waals surface area contributed by atoms with E-state index < -0.39 is 0 Å². The fraction of sp³-hybridized carbons (Fsp3) is 0.240. The Kier molecular flexibility index (Phi) is 6.07. The largest absolute Gasteiger partial charge is 0.363 e. The summed E-state index contributed by atoms with van der Waals surface area (Å²) < 4.78 is 6.16. The minimum Gasteiger partial charge on any atom is -0.363 e. The zero-order valence-corrected chi connectivity index (χ0v) is 19.3. The Labute approximate surface area is 202 Å². The van der Waals surface area contributed by atoms with E-state index in [9.17, 15) is 4.79 Å². The summed E-state index contributed by atoms with van der Waals surface area (Å²) >= 11 is 6.34. The van der Waals surface area contributed by atoms with Gasteiger partial charge in [-0.1, -0.05) is 35.7 Å². The number of morpholine rings is 1. The summed E-state index contributed by atoms with van der Waals surface area (Å²) in [6, 6.07) is 13.3. The first-order valence-corrected chi connectivity index (χ1v) is 11.3. The number of nitrogens with zero attached hydrogens (tertiary/aromatic N) is 3. The molecule has 0 saturated carbocycles. The van der Waals surface area contributed by atoms with Crippen LogP contribution in [0.15, 0.2) is 48.7 Å². The maximum atomic E-state index is 12.2. The fourth-order valence-electron chi connectivity index (χ4n) is 4.35. The van der Waals surface area contributed by atoms with Gasteiger partial charge in [-0.2, -0.15) is 4.98 Å². The highest BCUT2D eigenvalue weighted by Gasteiger charge is 2.38. The van der Waals surface area contributed by atoms with Crippen LogP contribution in [-0.2, 0) is 4.74 Å². The average Bonchev–Trinajstić information content (AvgIpc) is 3.10. The molecule has 2 aliphatic heterocycles. The molecule has 172 valence electrons. The van der Waals surface area contributed by atoms with Gasteiger partial charge in [0.05, 0.1) is 36.2 Å². The van der Waals surface area contributed by atoms with Crippen LogP contribution in [0.25, 0.3) is 0 Å². The van der Waals surface area contributed by atoms with Crippen LogP contribution < -0.4 is 16.0 Å². The van der Waals surface area contributed by atoms with Crippen molar-refractivity contribution in [3.05, 3.63) is 70.4 Å². The van der Waals surface area contributed by atoms with Gasteiger partial charge in [0.25, 0.3) is 5.91 Å². The molecule has 5 rings (SSSR count). The van der Waals surface area contributed by atoms with Crippen LogP contribution in [0, 0.1) is 12.3 Å². The third-order valence-corrected chi connectivity index (χ3v) is 6.20. The van der Waals surface area contributed by atoms with Gasteiger partial charge in [0.2, 0.25) is 5.95 Å². The predicted octanol–water partition coefficient (Wildman–Crippen LogP) is 4.04. The van der Waals surface area contributed by atoms with E-state index in [0.717, 1.165) is 24.3 Å². The van der Waals surface area contributed by atoms with Crippen molar-refractivity contribution in [1.82, 2.24) is 20.2 Å². The summed E-state index contributed by atoms with van der Waals surface area (Å²) in [5.74, 6) is 3.27. The summed E-state index contributed by atoms with van der Waals surface area (Å²) in [7, 11) is 1.58. The zero-order valence-electron chi connectivity index (χ0n) is 18.5. The third kappa shape index (κ3) is 4.29. The van der Waals surface area contributed by atoms with Crippen LogP contribution in [0.1, 0.15) is 33.7 Å². The molecule has 3 aromatic rings. The van der Waals surface area contributed by atoms with Crippen LogP contribution in [0.4, 0.5) is 23.1 Å². The van der Waals surface area contributed by atoms with Gasteiger partial charge in [0.1, 0.15) is 5.02 Å². The summed E-state index contributed by atoms with van der Waals surface area (Å²) in [6.07, 6.45) is 7.05. The number of terminal acetylenes is 1. The van der Waals surface area contributed by atoms with Crippen molar-refractivity contribution < 1.29 is 9.53 Å². The molecule has 1 aromatic heterocycles. The molecule has 2 aliphatic rings. The molecule has 2 atom stereocenters. The molecule has 0 radical (unpaired) electrons. The number of para-hydroxylation sites is 1. The molecule has 1 saturated heterocycles. The summed E-state index contributed by atoms with van der Waals surface area (Å²) in [6.45, 7) is 2.19. The van der Waals surface area contributed by atoms with E-state index in [1.54, 1.807) is 25.2 Å². The van der Waals surface area contributed by atoms with Crippen LogP contribution >= 0.6 is 11.6 Å². The number of aromatic nitrogens is 2. The molecule has 1 amide bonds. The Hall–Kier alpha value is -3.64. The fourth-order valence-corrected chi connectivity index (χ4v) is 4.49. The van der Waals surface area contributed by atoms with Crippen molar-refractivity contribution in [2.75, 3.05) is 37.3 Å². The van der Waals surface area contributed by atoms with Gasteiger partial charge in [-0.05, 0) is 35.4 Å². The number of ether oxygens (including phenoxy) is 1. The number of carbonyl (C=O) groups is 1. The molecule has 1 fully saturated rings. The van der Waals surface area contributed by atoms with Crippen LogP contribution in [0.3, 0.4) is 0 Å². The molecule has 2 bridgehead atoms. The van der Waals surface area contributed by atoms with Gasteiger partial charge in [-0.3, -0.25) is 9.69 Å². The van der Waals surface area contributed by atoms with E-state index in [4.69, 9.17) is 22.8 Å². The summed E-state index contributed by atoms with van der Waals surface area (Å²) in [5.41, 5.74) is 4.27. The highest BCUT2D eigenvalue weighted by Crippen LogP contribution is 2.44.